The maximum absolute atomic E-state index is 13.0. The number of nitrogens with zero attached hydrogens (tertiary/aromatic N) is 5. The number of methoxy groups -OCH3 is 1. The van der Waals surface area contributed by atoms with Crippen LogP contribution in [-0.4, -0.2) is 84.6 Å². The van der Waals surface area contributed by atoms with Crippen LogP contribution in [-0.2, 0) is 11.2 Å². The van der Waals surface area contributed by atoms with E-state index in [1.54, 1.807) is 29.2 Å². The van der Waals surface area contributed by atoms with Gasteiger partial charge in [0.15, 0.2) is 0 Å². The number of likely N-dealkylation sites (tertiary alicyclic amines) is 3. The summed E-state index contributed by atoms with van der Waals surface area (Å²) in [6.45, 7) is 2.05. The molecule has 0 bridgehead atoms. The Labute approximate surface area is 270 Å². The lowest BCUT2D eigenvalue weighted by atomic mass is 9.94. The number of hydrogen-bond donors (Lipinski definition) is 0. The van der Waals surface area contributed by atoms with Crippen molar-refractivity contribution in [3.05, 3.63) is 57.6 Å². The van der Waals surface area contributed by atoms with Gasteiger partial charge in [-0.15, -0.1) is 0 Å². The van der Waals surface area contributed by atoms with Crippen molar-refractivity contribution in [2.45, 2.75) is 50.7 Å². The van der Waals surface area contributed by atoms with E-state index < -0.39 is 12.1 Å². The number of amides is 2. The minimum atomic E-state index is -4.23. The lowest BCUT2D eigenvalue weighted by Gasteiger charge is -2.37. The summed E-state index contributed by atoms with van der Waals surface area (Å²) in [6.07, 6.45) is 0.0168. The van der Waals surface area contributed by atoms with E-state index in [4.69, 9.17) is 27.9 Å². The predicted octanol–water partition coefficient (Wildman–Crippen LogP) is 7.05. The van der Waals surface area contributed by atoms with Crippen LogP contribution in [0.4, 0.5) is 18.0 Å². The Morgan fingerprint density at radius 2 is 1.53 bits per heavy atom. The van der Waals surface area contributed by atoms with Crippen LogP contribution in [0.3, 0.4) is 0 Å². The molecule has 0 spiro atoms. The molecule has 2 amide bonds. The molecule has 3 aliphatic heterocycles. The van der Waals surface area contributed by atoms with Crippen LogP contribution in [0.1, 0.15) is 48.0 Å². The highest BCUT2D eigenvalue weighted by molar-refractivity contribution is 6.36. The van der Waals surface area contributed by atoms with Crippen molar-refractivity contribution in [2.24, 2.45) is 16.8 Å². The maximum Gasteiger partial charge on any atom is 0.409 e. The Morgan fingerprint density at radius 3 is 2.09 bits per heavy atom. The fraction of sp³-hybridized carbons (Fsp3) is 0.500. The first-order valence-electron chi connectivity index (χ1n) is 15.0. The van der Waals surface area contributed by atoms with Crippen molar-refractivity contribution >= 4 is 41.0 Å². The minimum absolute atomic E-state index is 0.0457. The van der Waals surface area contributed by atoms with Gasteiger partial charge in [-0.3, -0.25) is 4.79 Å². The summed E-state index contributed by atoms with van der Waals surface area (Å²) in [4.78, 5) is 34.3. The summed E-state index contributed by atoms with van der Waals surface area (Å²) in [6, 6.07) is 10.7. The molecule has 3 fully saturated rings. The fourth-order valence-corrected chi connectivity index (χ4v) is 7.28. The van der Waals surface area contributed by atoms with Crippen LogP contribution < -0.4 is 0 Å². The minimum Gasteiger partial charge on any atom is -0.453 e. The normalized spacial score (nSPS) is 20.9. The molecular weight excluding hydrogens is 630 g/mol. The average Bonchev–Trinajstić information content (AvgIpc) is 3.43. The number of hydrogen-bond acceptors (Lipinski definition) is 5. The lowest BCUT2D eigenvalue weighted by Crippen LogP contribution is -2.47. The molecule has 0 radical (unpaired) electrons. The van der Waals surface area contributed by atoms with E-state index in [0.29, 0.717) is 41.0 Å². The zero-order valence-electron chi connectivity index (χ0n) is 24.8. The van der Waals surface area contributed by atoms with Crippen LogP contribution >= 0.6 is 23.2 Å². The van der Waals surface area contributed by atoms with Gasteiger partial charge in [0.1, 0.15) is 5.84 Å². The molecule has 0 N–H and O–H groups in total. The molecule has 3 heterocycles. The van der Waals surface area contributed by atoms with Crippen molar-refractivity contribution in [2.75, 3.05) is 39.8 Å². The number of rotatable bonds is 5. The van der Waals surface area contributed by atoms with Gasteiger partial charge in [0.05, 0.1) is 13.0 Å². The standard InChI is InChI=1S/C32H34Cl2F3N5O3/c1-45-31(44)41-13-9-25(10-14-41)42-15-6-22(29(42)39-19-38)16-26-27(33)17-23(18-28(26)34)20-2-4-21(5-3-20)30(43)40-11-7-24(8-12-40)32(35,36)37/h2-5,17-18,22,24-25H,6-16H2,1H3/b39-29-. The Bertz CT molecular complexity index is 1460. The first-order chi connectivity index (χ1) is 21.5. The zero-order valence-corrected chi connectivity index (χ0v) is 26.3. The highest BCUT2D eigenvalue weighted by Gasteiger charge is 2.42. The molecular formula is C32H34Cl2F3N5O3. The number of carbonyl (C=O) groups excluding carboxylic acids is 2. The van der Waals surface area contributed by atoms with E-state index >= 15 is 0 Å². The van der Waals surface area contributed by atoms with E-state index in [0.717, 1.165) is 42.5 Å². The van der Waals surface area contributed by atoms with Gasteiger partial charge in [-0.05, 0) is 79.5 Å². The van der Waals surface area contributed by atoms with Crippen LogP contribution in [0, 0.1) is 23.3 Å². The second-order valence-corrected chi connectivity index (χ2v) is 12.6. The second kappa shape index (κ2) is 13.9. The Morgan fingerprint density at radius 1 is 0.933 bits per heavy atom. The van der Waals surface area contributed by atoms with Crippen LogP contribution in [0.25, 0.3) is 11.1 Å². The third kappa shape index (κ3) is 7.33. The predicted molar refractivity (Wildman–Crippen MR) is 165 cm³/mol. The molecule has 1 atom stereocenters. The number of nitriles is 1. The Balaban J connectivity index is 1.24. The second-order valence-electron chi connectivity index (χ2n) is 11.7. The van der Waals surface area contributed by atoms with Crippen molar-refractivity contribution in [1.29, 1.82) is 5.26 Å². The Hall–Kier alpha value is -3.49. The lowest BCUT2D eigenvalue weighted by molar-refractivity contribution is -0.183. The van der Waals surface area contributed by atoms with Gasteiger partial charge in [-0.1, -0.05) is 35.3 Å². The quantitative estimate of drug-likeness (QED) is 0.320. The first-order valence-corrected chi connectivity index (χ1v) is 15.8. The largest absolute Gasteiger partial charge is 0.453 e. The molecule has 45 heavy (non-hydrogen) atoms. The molecule has 0 saturated carbocycles. The summed E-state index contributed by atoms with van der Waals surface area (Å²) in [5.74, 6) is -0.983. The molecule has 0 aromatic heterocycles. The Kier molecular flexibility index (Phi) is 10.1. The van der Waals surface area contributed by atoms with Gasteiger partial charge in [-0.2, -0.15) is 23.4 Å². The molecule has 240 valence electrons. The molecule has 2 aromatic carbocycles. The summed E-state index contributed by atoms with van der Waals surface area (Å²) in [7, 11) is 1.37. The number of amidine groups is 1. The van der Waals surface area contributed by atoms with Crippen LogP contribution in [0.15, 0.2) is 41.4 Å². The summed E-state index contributed by atoms with van der Waals surface area (Å²) < 4.78 is 43.8. The first kappa shape index (κ1) is 32.9. The fourth-order valence-electron chi connectivity index (χ4n) is 6.64. The van der Waals surface area contributed by atoms with Crippen molar-refractivity contribution in [3.8, 4) is 17.3 Å². The molecule has 3 aliphatic rings. The van der Waals surface area contributed by atoms with Gasteiger partial charge < -0.3 is 19.4 Å². The van der Waals surface area contributed by atoms with Crippen LogP contribution in [0.2, 0.25) is 10.0 Å². The van der Waals surface area contributed by atoms with Gasteiger partial charge in [0, 0.05) is 60.3 Å². The molecule has 2 aromatic rings. The number of benzene rings is 2. The van der Waals surface area contributed by atoms with Crippen molar-refractivity contribution < 1.29 is 27.5 Å². The average molecular weight is 665 g/mol. The molecule has 5 rings (SSSR count). The number of halogens is 5. The summed E-state index contributed by atoms with van der Waals surface area (Å²) in [5, 5.41) is 10.4. The van der Waals surface area contributed by atoms with E-state index in [2.05, 4.69) is 9.89 Å². The summed E-state index contributed by atoms with van der Waals surface area (Å²) in [5.41, 5.74) is 2.71. The van der Waals surface area contributed by atoms with E-state index in [-0.39, 0.29) is 49.9 Å². The van der Waals surface area contributed by atoms with Crippen molar-refractivity contribution in [1.82, 2.24) is 14.7 Å². The molecule has 13 heteroatoms. The highest BCUT2D eigenvalue weighted by atomic mass is 35.5. The van der Waals surface area contributed by atoms with Gasteiger partial charge in [-0.25, -0.2) is 4.79 Å². The molecule has 1 unspecified atom stereocenters. The topological polar surface area (TPSA) is 89.2 Å². The molecule has 3 saturated heterocycles. The SMILES string of the molecule is COC(=O)N1CCC(N2CCC(Cc3c(Cl)cc(-c4ccc(C(=O)N5CCC(C(F)(F)F)CC5)cc4)cc3Cl)/C2=N/C#N)CC1. The van der Waals surface area contributed by atoms with Crippen molar-refractivity contribution in [3.63, 3.8) is 0 Å². The molecule has 0 aliphatic carbocycles. The number of ether oxygens (including phenoxy) is 1. The molecule has 8 nitrogen and oxygen atoms in total. The summed E-state index contributed by atoms with van der Waals surface area (Å²) >= 11 is 13.5. The number of alkyl halides is 3. The maximum atomic E-state index is 13.0. The van der Waals surface area contributed by atoms with Gasteiger partial charge in [0.2, 0.25) is 6.19 Å². The smallest absolute Gasteiger partial charge is 0.409 e. The third-order valence-electron chi connectivity index (χ3n) is 9.18. The van der Waals surface area contributed by atoms with Gasteiger partial charge >= 0.3 is 12.3 Å². The zero-order chi connectivity index (χ0) is 32.3. The number of carbonyl (C=O) groups is 2. The monoisotopic (exact) mass is 663 g/mol. The van der Waals surface area contributed by atoms with E-state index in [1.165, 1.54) is 12.0 Å². The van der Waals surface area contributed by atoms with E-state index in [9.17, 15) is 28.0 Å². The van der Waals surface area contributed by atoms with Gasteiger partial charge in [0.25, 0.3) is 5.91 Å². The highest BCUT2D eigenvalue weighted by Crippen LogP contribution is 2.37. The third-order valence-corrected chi connectivity index (χ3v) is 9.86. The van der Waals surface area contributed by atoms with Crippen LogP contribution in [0.5, 0.6) is 0 Å². The van der Waals surface area contributed by atoms with E-state index in [1.807, 2.05) is 18.3 Å². The number of aliphatic imine (C=N–C) groups is 1. The number of piperidine rings is 2.